The molecule has 0 aromatic heterocycles. The molecular weight excluding hydrogens is 134 g/mol. The first-order valence-corrected chi connectivity index (χ1v) is 3.37. The predicted molar refractivity (Wildman–Crippen MR) is 36.9 cm³/mol. The Morgan fingerprint density at radius 2 is 2.20 bits per heavy atom. The second-order valence-corrected chi connectivity index (χ2v) is 2.07. The summed E-state index contributed by atoms with van der Waals surface area (Å²) in [7, 11) is 1.40. The van der Waals surface area contributed by atoms with Gasteiger partial charge in [-0.15, -0.1) is 0 Å². The molecule has 0 aliphatic carbocycles. The molecule has 0 radical (unpaired) electrons. The fourth-order valence-corrected chi connectivity index (χ4v) is 0.560. The molecule has 1 atom stereocenters. The zero-order valence-electron chi connectivity index (χ0n) is 6.50. The van der Waals surface area contributed by atoms with Crippen LogP contribution in [0.5, 0.6) is 0 Å². The first kappa shape index (κ1) is 9.84. The summed E-state index contributed by atoms with van der Waals surface area (Å²) in [5.41, 5.74) is 5.28. The molecular formula is C6H15NO3. The number of hydrogen-bond acceptors (Lipinski definition) is 4. The van der Waals surface area contributed by atoms with Crippen LogP contribution in [-0.4, -0.2) is 19.8 Å². The summed E-state index contributed by atoms with van der Waals surface area (Å²) in [6.07, 6.45) is 1.87. The largest absolute Gasteiger partial charge is 0.330 e. The van der Waals surface area contributed by atoms with Crippen LogP contribution in [-0.2, 0) is 14.8 Å². The molecule has 0 spiro atoms. The van der Waals surface area contributed by atoms with E-state index < -0.39 is 0 Å². The van der Waals surface area contributed by atoms with Crippen molar-refractivity contribution in [3.63, 3.8) is 0 Å². The Bertz CT molecular complexity index is 62.0. The highest BCUT2D eigenvalue weighted by Crippen LogP contribution is 2.00. The fourth-order valence-electron chi connectivity index (χ4n) is 0.560. The molecule has 0 aliphatic heterocycles. The van der Waals surface area contributed by atoms with E-state index in [1.54, 1.807) is 0 Å². The van der Waals surface area contributed by atoms with Crippen LogP contribution in [0.3, 0.4) is 0 Å². The lowest BCUT2D eigenvalue weighted by Crippen LogP contribution is -2.11. The number of rotatable bonds is 6. The van der Waals surface area contributed by atoms with Crippen LogP contribution in [0.25, 0.3) is 0 Å². The van der Waals surface area contributed by atoms with Gasteiger partial charge < -0.3 is 5.73 Å². The molecule has 0 fully saturated rings. The van der Waals surface area contributed by atoms with Gasteiger partial charge in [-0.05, 0) is 26.3 Å². The predicted octanol–water partition coefficient (Wildman–Crippen LogP) is 0.623. The smallest absolute Gasteiger partial charge is 0.0933 e. The molecule has 0 rings (SSSR count). The van der Waals surface area contributed by atoms with Gasteiger partial charge in [-0.3, -0.25) is 0 Å². The van der Waals surface area contributed by atoms with E-state index in [1.807, 2.05) is 6.92 Å². The molecule has 10 heavy (non-hydrogen) atoms. The van der Waals surface area contributed by atoms with Gasteiger partial charge in [0.05, 0.1) is 13.2 Å². The topological polar surface area (TPSA) is 53.7 Å². The second kappa shape index (κ2) is 6.95. The number of hydrogen-bond donors (Lipinski definition) is 1. The Morgan fingerprint density at radius 1 is 1.50 bits per heavy atom. The van der Waals surface area contributed by atoms with Gasteiger partial charge in [-0.25, -0.2) is 9.78 Å². The lowest BCUT2D eigenvalue weighted by Gasteiger charge is -2.07. The number of nitrogens with two attached hydrogens (primary N) is 1. The van der Waals surface area contributed by atoms with E-state index in [0.29, 0.717) is 6.54 Å². The van der Waals surface area contributed by atoms with Gasteiger partial charge in [-0.2, -0.15) is 0 Å². The van der Waals surface area contributed by atoms with Crippen molar-refractivity contribution in [2.45, 2.75) is 25.9 Å². The average Bonchev–Trinajstić information content (AvgIpc) is 1.97. The van der Waals surface area contributed by atoms with E-state index in [1.165, 1.54) is 7.11 Å². The Labute approximate surface area is 61.1 Å². The standard InChI is InChI=1S/C6H15NO3/c1-6(4-3-5-7)9-10-8-2/h6H,3-5,7H2,1-2H3. The maximum Gasteiger partial charge on any atom is 0.0933 e. The van der Waals surface area contributed by atoms with Crippen molar-refractivity contribution < 1.29 is 14.8 Å². The summed E-state index contributed by atoms with van der Waals surface area (Å²) in [6, 6.07) is 0. The third-order valence-electron chi connectivity index (χ3n) is 1.09. The maximum atomic E-state index is 5.28. The molecule has 4 nitrogen and oxygen atoms in total. The summed E-state index contributed by atoms with van der Waals surface area (Å²) in [4.78, 5) is 8.95. The molecule has 4 heteroatoms. The molecule has 2 N–H and O–H groups in total. The molecule has 0 aliphatic rings. The van der Waals surface area contributed by atoms with Crippen LogP contribution in [0.4, 0.5) is 0 Å². The van der Waals surface area contributed by atoms with Crippen molar-refractivity contribution in [1.82, 2.24) is 0 Å². The highest BCUT2D eigenvalue weighted by molar-refractivity contribution is 4.47. The Hall–Kier alpha value is -0.160. The van der Waals surface area contributed by atoms with Crippen LogP contribution in [0.1, 0.15) is 19.8 Å². The van der Waals surface area contributed by atoms with Gasteiger partial charge in [0.15, 0.2) is 0 Å². The summed E-state index contributed by atoms with van der Waals surface area (Å²) < 4.78 is 0. The lowest BCUT2D eigenvalue weighted by atomic mass is 10.2. The first-order valence-electron chi connectivity index (χ1n) is 3.37. The monoisotopic (exact) mass is 149 g/mol. The van der Waals surface area contributed by atoms with Crippen molar-refractivity contribution in [2.75, 3.05) is 13.7 Å². The summed E-state index contributed by atoms with van der Waals surface area (Å²) >= 11 is 0. The SMILES string of the molecule is COOOC(C)CCCN. The lowest BCUT2D eigenvalue weighted by molar-refractivity contribution is -0.515. The van der Waals surface area contributed by atoms with Gasteiger partial charge >= 0.3 is 0 Å². The van der Waals surface area contributed by atoms with Crippen molar-refractivity contribution >= 4 is 0 Å². The normalized spacial score (nSPS) is 13.5. The summed E-state index contributed by atoms with van der Waals surface area (Å²) in [5.74, 6) is 0. The van der Waals surface area contributed by atoms with Crippen LogP contribution < -0.4 is 5.73 Å². The van der Waals surface area contributed by atoms with Crippen LogP contribution >= 0.6 is 0 Å². The van der Waals surface area contributed by atoms with Gasteiger partial charge in [-0.1, -0.05) is 5.04 Å². The zero-order chi connectivity index (χ0) is 7.82. The zero-order valence-corrected chi connectivity index (χ0v) is 6.50. The molecule has 0 saturated carbocycles. The minimum atomic E-state index is 0.0449. The van der Waals surface area contributed by atoms with Crippen molar-refractivity contribution in [2.24, 2.45) is 5.73 Å². The molecule has 0 aromatic carbocycles. The second-order valence-electron chi connectivity index (χ2n) is 2.07. The highest BCUT2D eigenvalue weighted by Gasteiger charge is 2.01. The van der Waals surface area contributed by atoms with Gasteiger partial charge in [0, 0.05) is 0 Å². The molecule has 0 aromatic rings. The molecule has 62 valence electrons. The van der Waals surface area contributed by atoms with Crippen LogP contribution in [0.15, 0.2) is 0 Å². The molecule has 0 bridgehead atoms. The van der Waals surface area contributed by atoms with Crippen LogP contribution in [0, 0.1) is 0 Å². The third-order valence-corrected chi connectivity index (χ3v) is 1.09. The Balaban J connectivity index is 3.00. The summed E-state index contributed by atoms with van der Waals surface area (Å²) in [6.45, 7) is 2.58. The van der Waals surface area contributed by atoms with Crippen molar-refractivity contribution in [3.05, 3.63) is 0 Å². The molecule has 0 saturated heterocycles. The van der Waals surface area contributed by atoms with E-state index in [4.69, 9.17) is 10.6 Å². The Morgan fingerprint density at radius 3 is 2.70 bits per heavy atom. The van der Waals surface area contributed by atoms with Gasteiger partial charge in [0.2, 0.25) is 0 Å². The minimum absolute atomic E-state index is 0.0449. The highest BCUT2D eigenvalue weighted by atomic mass is 17.5. The van der Waals surface area contributed by atoms with Gasteiger partial charge in [0.1, 0.15) is 0 Å². The van der Waals surface area contributed by atoms with Gasteiger partial charge in [0.25, 0.3) is 0 Å². The third kappa shape index (κ3) is 5.97. The maximum absolute atomic E-state index is 5.28. The first-order chi connectivity index (χ1) is 4.81. The molecule has 0 amide bonds. The van der Waals surface area contributed by atoms with E-state index in [0.717, 1.165) is 12.8 Å². The minimum Gasteiger partial charge on any atom is -0.330 e. The average molecular weight is 149 g/mol. The Kier molecular flexibility index (Phi) is 6.84. The van der Waals surface area contributed by atoms with E-state index in [2.05, 4.69) is 9.93 Å². The van der Waals surface area contributed by atoms with Crippen molar-refractivity contribution in [1.29, 1.82) is 0 Å². The van der Waals surface area contributed by atoms with E-state index in [9.17, 15) is 0 Å². The molecule has 0 heterocycles. The van der Waals surface area contributed by atoms with E-state index >= 15 is 0 Å². The van der Waals surface area contributed by atoms with Crippen LogP contribution in [0.2, 0.25) is 0 Å². The molecule has 1 unspecified atom stereocenters. The summed E-state index contributed by atoms with van der Waals surface area (Å²) in [5, 5.41) is 4.25. The quantitative estimate of drug-likeness (QED) is 0.444. The fraction of sp³-hybridized carbons (Fsp3) is 1.00. The van der Waals surface area contributed by atoms with E-state index in [-0.39, 0.29) is 6.10 Å². The van der Waals surface area contributed by atoms with Crippen molar-refractivity contribution in [3.8, 4) is 0 Å².